The van der Waals surface area contributed by atoms with Gasteiger partial charge < -0.3 is 15.0 Å². The van der Waals surface area contributed by atoms with Crippen LogP contribution >= 0.6 is 0 Å². The Bertz CT molecular complexity index is 1030. The molecule has 1 atom stereocenters. The first-order valence-electron chi connectivity index (χ1n) is 10.2. The van der Waals surface area contributed by atoms with Crippen molar-refractivity contribution in [1.29, 1.82) is 0 Å². The first-order chi connectivity index (χ1) is 14.5. The number of rotatable bonds is 8. The average Bonchev–Trinajstić information content (AvgIpc) is 3.32. The quantitative estimate of drug-likeness (QED) is 0.614. The molecule has 1 fully saturated rings. The average molecular weight is 409 g/mol. The van der Waals surface area contributed by atoms with Gasteiger partial charge in [0.15, 0.2) is 5.65 Å². The number of nitrogens with zero attached hydrogens (tertiary/aromatic N) is 5. The highest BCUT2D eigenvalue weighted by atomic mass is 16.5. The van der Waals surface area contributed by atoms with Crippen molar-refractivity contribution in [2.75, 3.05) is 39.2 Å². The molecule has 0 radical (unpaired) electrons. The SMILES string of the molecule is CC(=O)Cc1cccc(Oc2ccc3nc(NCN4CCC(N(C)C)C4)cn3n2)c1. The van der Waals surface area contributed by atoms with Crippen molar-refractivity contribution in [3.63, 3.8) is 0 Å². The standard InChI is InChI=1S/C22H28N6O2/c1-16(29)11-17-5-4-6-19(12-17)30-22-8-7-21-24-20(14-28(21)25-22)23-15-27-10-9-18(13-27)26(2)3/h4-8,12,14,18,23H,9-11,13,15H2,1-3H3. The van der Waals surface area contributed by atoms with Gasteiger partial charge in [-0.3, -0.25) is 9.69 Å². The summed E-state index contributed by atoms with van der Waals surface area (Å²) >= 11 is 0. The van der Waals surface area contributed by atoms with Gasteiger partial charge in [-0.15, -0.1) is 5.10 Å². The fourth-order valence-corrected chi connectivity index (χ4v) is 3.70. The molecule has 1 aromatic carbocycles. The number of fused-ring (bicyclic) bond motifs is 1. The smallest absolute Gasteiger partial charge is 0.237 e. The zero-order valence-electron chi connectivity index (χ0n) is 17.7. The molecular weight excluding hydrogens is 380 g/mol. The number of carbonyl (C=O) groups is 1. The lowest BCUT2D eigenvalue weighted by Crippen LogP contribution is -2.33. The normalized spacial score (nSPS) is 17.0. The van der Waals surface area contributed by atoms with Crippen LogP contribution in [-0.2, 0) is 11.2 Å². The van der Waals surface area contributed by atoms with Gasteiger partial charge in [0, 0.05) is 31.6 Å². The Kier molecular flexibility index (Phi) is 5.96. The Hall–Kier alpha value is -2.97. The number of Topliss-reactive ketones (excluding diaryl/α,β-unsaturated/α-hetero) is 1. The second-order valence-electron chi connectivity index (χ2n) is 8.05. The van der Waals surface area contributed by atoms with Crippen molar-refractivity contribution in [3.8, 4) is 11.6 Å². The van der Waals surface area contributed by atoms with Crippen LogP contribution in [0.15, 0.2) is 42.6 Å². The van der Waals surface area contributed by atoms with E-state index >= 15 is 0 Å². The molecule has 8 nitrogen and oxygen atoms in total. The van der Waals surface area contributed by atoms with E-state index < -0.39 is 0 Å². The lowest BCUT2D eigenvalue weighted by Gasteiger charge is -2.20. The lowest BCUT2D eigenvalue weighted by atomic mass is 10.1. The molecule has 30 heavy (non-hydrogen) atoms. The largest absolute Gasteiger partial charge is 0.438 e. The zero-order valence-corrected chi connectivity index (χ0v) is 17.7. The number of benzene rings is 1. The van der Waals surface area contributed by atoms with E-state index in [0.29, 0.717) is 24.1 Å². The van der Waals surface area contributed by atoms with Crippen LogP contribution in [0.3, 0.4) is 0 Å². The van der Waals surface area contributed by atoms with E-state index in [9.17, 15) is 4.79 Å². The molecule has 0 bridgehead atoms. The van der Waals surface area contributed by atoms with Crippen molar-refractivity contribution < 1.29 is 9.53 Å². The van der Waals surface area contributed by atoms with Crippen LogP contribution < -0.4 is 10.1 Å². The number of hydrogen-bond donors (Lipinski definition) is 1. The lowest BCUT2D eigenvalue weighted by molar-refractivity contribution is -0.116. The molecule has 3 heterocycles. The maximum absolute atomic E-state index is 11.3. The zero-order chi connectivity index (χ0) is 21.1. The van der Waals surface area contributed by atoms with Crippen LogP contribution in [0.1, 0.15) is 18.9 Å². The molecule has 3 aromatic rings. The van der Waals surface area contributed by atoms with Crippen LogP contribution in [0.5, 0.6) is 11.6 Å². The molecule has 0 aliphatic carbocycles. The van der Waals surface area contributed by atoms with Gasteiger partial charge >= 0.3 is 0 Å². The van der Waals surface area contributed by atoms with Gasteiger partial charge in [0.2, 0.25) is 5.88 Å². The van der Waals surface area contributed by atoms with Crippen molar-refractivity contribution in [2.45, 2.75) is 25.8 Å². The number of ketones is 1. The monoisotopic (exact) mass is 408 g/mol. The van der Waals surface area contributed by atoms with Gasteiger partial charge in [-0.2, -0.15) is 0 Å². The van der Waals surface area contributed by atoms with Crippen LogP contribution in [0.4, 0.5) is 5.82 Å². The number of carbonyl (C=O) groups excluding carboxylic acids is 1. The minimum atomic E-state index is 0.122. The Balaban J connectivity index is 1.40. The van der Waals surface area contributed by atoms with Crippen molar-refractivity contribution in [2.24, 2.45) is 0 Å². The third-order valence-electron chi connectivity index (χ3n) is 5.33. The van der Waals surface area contributed by atoms with E-state index in [2.05, 4.69) is 39.3 Å². The van der Waals surface area contributed by atoms with E-state index in [1.807, 2.05) is 36.5 Å². The summed E-state index contributed by atoms with van der Waals surface area (Å²) in [6.07, 6.45) is 3.45. The summed E-state index contributed by atoms with van der Waals surface area (Å²) in [4.78, 5) is 20.6. The van der Waals surface area contributed by atoms with E-state index in [-0.39, 0.29) is 5.78 Å². The molecular formula is C22H28N6O2. The van der Waals surface area contributed by atoms with Gasteiger partial charge in [0.05, 0.1) is 12.9 Å². The van der Waals surface area contributed by atoms with Gasteiger partial charge in [-0.05, 0) is 51.2 Å². The summed E-state index contributed by atoms with van der Waals surface area (Å²) in [5.74, 6) is 2.04. The topological polar surface area (TPSA) is 75.0 Å². The Morgan fingerprint density at radius 2 is 2.17 bits per heavy atom. The number of anilines is 1. The maximum atomic E-state index is 11.3. The van der Waals surface area contributed by atoms with Crippen molar-refractivity contribution in [1.82, 2.24) is 24.4 Å². The fraction of sp³-hybridized carbons (Fsp3) is 0.409. The molecule has 0 saturated carbocycles. The predicted molar refractivity (Wildman–Crippen MR) is 116 cm³/mol. The minimum Gasteiger partial charge on any atom is -0.438 e. The Morgan fingerprint density at radius 1 is 1.30 bits per heavy atom. The molecule has 0 amide bonds. The molecule has 2 aromatic heterocycles. The van der Waals surface area contributed by atoms with Crippen LogP contribution in [-0.4, -0.2) is 70.1 Å². The van der Waals surface area contributed by atoms with Gasteiger partial charge in [0.1, 0.15) is 17.4 Å². The van der Waals surface area contributed by atoms with Crippen molar-refractivity contribution >= 4 is 17.2 Å². The number of aromatic nitrogens is 3. The number of likely N-dealkylation sites (N-methyl/N-ethyl adjacent to an activating group) is 1. The molecule has 158 valence electrons. The predicted octanol–water partition coefficient (Wildman–Crippen LogP) is 2.66. The third kappa shape index (κ3) is 4.95. The number of nitrogens with one attached hydrogen (secondary N) is 1. The van der Waals surface area contributed by atoms with E-state index in [4.69, 9.17) is 4.74 Å². The van der Waals surface area contributed by atoms with Crippen LogP contribution in [0.25, 0.3) is 5.65 Å². The molecule has 1 aliphatic rings. The van der Waals surface area contributed by atoms with Gasteiger partial charge in [-0.1, -0.05) is 12.1 Å². The number of likely N-dealkylation sites (tertiary alicyclic amines) is 1. The number of hydrogen-bond acceptors (Lipinski definition) is 7. The first-order valence-corrected chi connectivity index (χ1v) is 10.2. The van der Waals surface area contributed by atoms with Crippen molar-refractivity contribution in [3.05, 3.63) is 48.2 Å². The number of ether oxygens (including phenoxy) is 1. The molecule has 4 rings (SSSR count). The summed E-state index contributed by atoms with van der Waals surface area (Å²) < 4.78 is 7.60. The Labute approximate surface area is 176 Å². The summed E-state index contributed by atoms with van der Waals surface area (Å²) in [5.41, 5.74) is 1.68. The van der Waals surface area contributed by atoms with E-state index in [1.165, 1.54) is 6.42 Å². The highest BCUT2D eigenvalue weighted by Crippen LogP contribution is 2.22. The Morgan fingerprint density at radius 3 is 2.93 bits per heavy atom. The molecule has 0 spiro atoms. The minimum absolute atomic E-state index is 0.122. The third-order valence-corrected chi connectivity index (χ3v) is 5.33. The second kappa shape index (κ2) is 8.81. The highest BCUT2D eigenvalue weighted by molar-refractivity contribution is 5.78. The van der Waals surface area contributed by atoms with Gasteiger partial charge in [0.25, 0.3) is 0 Å². The van der Waals surface area contributed by atoms with Crippen LogP contribution in [0, 0.1) is 0 Å². The van der Waals surface area contributed by atoms with E-state index in [0.717, 1.165) is 36.8 Å². The summed E-state index contributed by atoms with van der Waals surface area (Å²) in [6.45, 7) is 4.49. The molecule has 1 N–H and O–H groups in total. The second-order valence-corrected chi connectivity index (χ2v) is 8.05. The summed E-state index contributed by atoms with van der Waals surface area (Å²) in [6, 6.07) is 11.8. The summed E-state index contributed by atoms with van der Waals surface area (Å²) in [7, 11) is 4.27. The molecule has 1 aliphatic heterocycles. The van der Waals surface area contributed by atoms with E-state index in [1.54, 1.807) is 17.5 Å². The fourth-order valence-electron chi connectivity index (χ4n) is 3.70. The summed E-state index contributed by atoms with van der Waals surface area (Å²) in [5, 5.41) is 7.89. The first kappa shape index (κ1) is 20.3. The molecule has 8 heteroatoms. The highest BCUT2D eigenvalue weighted by Gasteiger charge is 2.23. The number of imidazole rings is 1. The molecule has 1 unspecified atom stereocenters. The maximum Gasteiger partial charge on any atom is 0.237 e. The van der Waals surface area contributed by atoms with Crippen LogP contribution in [0.2, 0.25) is 0 Å². The van der Waals surface area contributed by atoms with Gasteiger partial charge in [-0.25, -0.2) is 9.50 Å². The molecule has 1 saturated heterocycles.